The normalized spacial score (nSPS) is 26.2. The highest BCUT2D eigenvalue weighted by Crippen LogP contribution is 2.33. The van der Waals surface area contributed by atoms with Crippen molar-refractivity contribution >= 4 is 0 Å². The lowest BCUT2D eigenvalue weighted by molar-refractivity contribution is 0.0991. The average molecular weight is 245 g/mol. The van der Waals surface area contributed by atoms with Crippen LogP contribution in [0.2, 0.25) is 0 Å². The van der Waals surface area contributed by atoms with Crippen molar-refractivity contribution in [2.45, 2.75) is 25.5 Å². The van der Waals surface area contributed by atoms with E-state index in [0.29, 0.717) is 19.1 Å². The van der Waals surface area contributed by atoms with Crippen molar-refractivity contribution in [1.82, 2.24) is 0 Å². The molecule has 2 nitrogen and oxygen atoms in total. The van der Waals surface area contributed by atoms with E-state index in [1.165, 1.54) is 0 Å². The van der Waals surface area contributed by atoms with Gasteiger partial charge in [-0.15, -0.1) is 0 Å². The summed E-state index contributed by atoms with van der Waals surface area (Å²) in [4.78, 5) is 0. The summed E-state index contributed by atoms with van der Waals surface area (Å²) in [5.74, 6) is -3.16. The Morgan fingerprint density at radius 2 is 1.88 bits per heavy atom. The van der Waals surface area contributed by atoms with Gasteiger partial charge in [-0.1, -0.05) is 0 Å². The minimum Gasteiger partial charge on any atom is -0.378 e. The Morgan fingerprint density at radius 3 is 2.47 bits per heavy atom. The number of benzene rings is 1. The Morgan fingerprint density at radius 1 is 1.24 bits per heavy atom. The van der Waals surface area contributed by atoms with Gasteiger partial charge in [0.1, 0.15) is 5.82 Å². The lowest BCUT2D eigenvalue weighted by atomic mass is 9.88. The van der Waals surface area contributed by atoms with Crippen molar-refractivity contribution in [1.29, 1.82) is 0 Å². The lowest BCUT2D eigenvalue weighted by Crippen LogP contribution is -2.27. The molecule has 1 fully saturated rings. The van der Waals surface area contributed by atoms with E-state index in [1.807, 2.05) is 6.92 Å². The number of ether oxygens (including phenoxy) is 1. The molecule has 0 aromatic heterocycles. The third kappa shape index (κ3) is 2.30. The highest BCUT2D eigenvalue weighted by Gasteiger charge is 2.32. The molecule has 0 bridgehead atoms. The third-order valence-electron chi connectivity index (χ3n) is 3.29. The van der Waals surface area contributed by atoms with Crippen molar-refractivity contribution < 1.29 is 17.9 Å². The van der Waals surface area contributed by atoms with E-state index in [4.69, 9.17) is 10.5 Å². The second kappa shape index (κ2) is 4.66. The van der Waals surface area contributed by atoms with Crippen molar-refractivity contribution in [3.05, 3.63) is 35.1 Å². The summed E-state index contributed by atoms with van der Waals surface area (Å²) in [7, 11) is 0. The number of hydrogen-bond acceptors (Lipinski definition) is 2. The van der Waals surface area contributed by atoms with E-state index < -0.39 is 23.5 Å². The first-order chi connectivity index (χ1) is 8.00. The van der Waals surface area contributed by atoms with Gasteiger partial charge in [0.25, 0.3) is 0 Å². The molecular weight excluding hydrogens is 231 g/mol. The van der Waals surface area contributed by atoms with Gasteiger partial charge in [0, 0.05) is 30.2 Å². The molecule has 17 heavy (non-hydrogen) atoms. The Kier molecular flexibility index (Phi) is 3.40. The van der Waals surface area contributed by atoms with Gasteiger partial charge in [-0.3, -0.25) is 0 Å². The second-order valence-electron chi connectivity index (χ2n) is 4.34. The molecule has 1 aliphatic rings. The van der Waals surface area contributed by atoms with Crippen LogP contribution < -0.4 is 5.73 Å². The number of nitrogens with two attached hydrogens (primary N) is 1. The number of hydrogen-bond donors (Lipinski definition) is 1. The van der Waals surface area contributed by atoms with E-state index in [1.54, 1.807) is 0 Å². The fraction of sp³-hybridized carbons (Fsp3) is 0.500. The molecule has 1 aromatic carbocycles. The Bertz CT molecular complexity index is 424. The van der Waals surface area contributed by atoms with Gasteiger partial charge >= 0.3 is 0 Å². The first-order valence-corrected chi connectivity index (χ1v) is 5.52. The molecule has 0 spiro atoms. The van der Waals surface area contributed by atoms with Gasteiger partial charge in [0.2, 0.25) is 0 Å². The van der Waals surface area contributed by atoms with Gasteiger partial charge in [0.15, 0.2) is 11.6 Å². The van der Waals surface area contributed by atoms with Crippen molar-refractivity contribution in [3.63, 3.8) is 0 Å². The summed E-state index contributed by atoms with van der Waals surface area (Å²) < 4.78 is 44.7. The molecule has 1 aliphatic heterocycles. The standard InChI is InChI=1S/C12H14F3NO/c1-6-7(2-3-17-6)12(16)8-4-10(14)11(15)5-9(8)13/h4-7,12H,2-3,16H2,1H3. The topological polar surface area (TPSA) is 35.2 Å². The van der Waals surface area contributed by atoms with Gasteiger partial charge in [-0.2, -0.15) is 0 Å². The number of halogens is 3. The highest BCUT2D eigenvalue weighted by atomic mass is 19.2. The summed E-state index contributed by atoms with van der Waals surface area (Å²) in [5, 5.41) is 0. The van der Waals surface area contributed by atoms with Crippen LogP contribution in [-0.4, -0.2) is 12.7 Å². The molecule has 2 rings (SSSR count). The van der Waals surface area contributed by atoms with E-state index in [9.17, 15) is 13.2 Å². The SMILES string of the molecule is CC1OCCC1C(N)c1cc(F)c(F)cc1F. The first kappa shape index (κ1) is 12.4. The van der Waals surface area contributed by atoms with Crippen LogP contribution in [0.3, 0.4) is 0 Å². The fourth-order valence-electron chi connectivity index (χ4n) is 2.24. The van der Waals surface area contributed by atoms with Gasteiger partial charge in [-0.05, 0) is 19.4 Å². The summed E-state index contributed by atoms with van der Waals surface area (Å²) >= 11 is 0. The molecule has 5 heteroatoms. The Hall–Kier alpha value is -1.07. The summed E-state index contributed by atoms with van der Waals surface area (Å²) in [6.07, 6.45) is 0.596. The van der Waals surface area contributed by atoms with Crippen LogP contribution in [0.1, 0.15) is 24.9 Å². The summed E-state index contributed by atoms with van der Waals surface area (Å²) in [6.45, 7) is 2.40. The minimum atomic E-state index is -1.20. The molecule has 3 atom stereocenters. The highest BCUT2D eigenvalue weighted by molar-refractivity contribution is 5.24. The molecular formula is C12H14F3NO. The van der Waals surface area contributed by atoms with Crippen LogP contribution in [0.15, 0.2) is 12.1 Å². The maximum Gasteiger partial charge on any atom is 0.161 e. The molecule has 94 valence electrons. The molecule has 0 radical (unpaired) electrons. The van der Waals surface area contributed by atoms with Crippen LogP contribution in [-0.2, 0) is 4.74 Å². The third-order valence-corrected chi connectivity index (χ3v) is 3.29. The largest absolute Gasteiger partial charge is 0.378 e. The van der Waals surface area contributed by atoms with Crippen LogP contribution in [0.4, 0.5) is 13.2 Å². The van der Waals surface area contributed by atoms with Gasteiger partial charge in [-0.25, -0.2) is 13.2 Å². The predicted molar refractivity (Wildman–Crippen MR) is 56.8 cm³/mol. The van der Waals surface area contributed by atoms with Crippen molar-refractivity contribution in [2.75, 3.05) is 6.61 Å². The lowest BCUT2D eigenvalue weighted by Gasteiger charge is -2.22. The Labute approximate surface area is 97.6 Å². The molecule has 0 aliphatic carbocycles. The molecule has 1 heterocycles. The van der Waals surface area contributed by atoms with Crippen molar-refractivity contribution in [2.24, 2.45) is 11.7 Å². The average Bonchev–Trinajstić information content (AvgIpc) is 2.69. The molecule has 0 saturated carbocycles. The monoisotopic (exact) mass is 245 g/mol. The zero-order valence-electron chi connectivity index (χ0n) is 9.42. The van der Waals surface area contributed by atoms with Gasteiger partial charge in [0.05, 0.1) is 6.10 Å². The van der Waals surface area contributed by atoms with E-state index in [2.05, 4.69) is 0 Å². The van der Waals surface area contributed by atoms with E-state index in [-0.39, 0.29) is 17.6 Å². The quantitative estimate of drug-likeness (QED) is 0.812. The predicted octanol–water partition coefficient (Wildman–Crippen LogP) is 2.53. The fourth-order valence-corrected chi connectivity index (χ4v) is 2.24. The van der Waals surface area contributed by atoms with Crippen LogP contribution >= 0.6 is 0 Å². The second-order valence-corrected chi connectivity index (χ2v) is 4.34. The van der Waals surface area contributed by atoms with Crippen molar-refractivity contribution in [3.8, 4) is 0 Å². The Balaban J connectivity index is 2.30. The molecule has 2 N–H and O–H groups in total. The van der Waals surface area contributed by atoms with Gasteiger partial charge < -0.3 is 10.5 Å². The molecule has 1 saturated heterocycles. The minimum absolute atomic E-state index is 0.00579. The zero-order chi connectivity index (χ0) is 12.6. The summed E-state index contributed by atoms with van der Waals surface area (Å²) in [5.41, 5.74) is 5.91. The van der Waals surface area contributed by atoms with Crippen LogP contribution in [0, 0.1) is 23.4 Å². The maximum atomic E-state index is 13.5. The zero-order valence-corrected chi connectivity index (χ0v) is 9.42. The maximum absolute atomic E-state index is 13.5. The first-order valence-electron chi connectivity index (χ1n) is 5.52. The molecule has 1 aromatic rings. The molecule has 0 amide bonds. The van der Waals surface area contributed by atoms with Crippen LogP contribution in [0.25, 0.3) is 0 Å². The van der Waals surface area contributed by atoms with E-state index in [0.717, 1.165) is 6.07 Å². The number of rotatable bonds is 2. The van der Waals surface area contributed by atoms with E-state index >= 15 is 0 Å². The smallest absolute Gasteiger partial charge is 0.161 e. The molecule has 3 unspecified atom stereocenters. The summed E-state index contributed by atoms with van der Waals surface area (Å²) in [6, 6.07) is 0.688. The van der Waals surface area contributed by atoms with Crippen LogP contribution in [0.5, 0.6) is 0 Å².